The van der Waals surface area contributed by atoms with Crippen molar-refractivity contribution in [3.8, 4) is 0 Å². The number of hydrogen-bond donors (Lipinski definition) is 2. The number of nitrogens with two attached hydrogens (primary N) is 2. The van der Waals surface area contributed by atoms with E-state index in [1.165, 1.54) is 18.4 Å². The highest BCUT2D eigenvalue weighted by Crippen LogP contribution is 2.21. The molecule has 2 unspecified atom stereocenters. The number of nitrogens with zero attached hydrogens (tertiary/aromatic N) is 1. The zero-order chi connectivity index (χ0) is 11.4. The first kappa shape index (κ1) is 11.6. The van der Waals surface area contributed by atoms with Gasteiger partial charge >= 0.3 is 0 Å². The van der Waals surface area contributed by atoms with Crippen molar-refractivity contribution < 1.29 is 0 Å². The molecule has 88 valence electrons. The molecule has 0 saturated carbocycles. The van der Waals surface area contributed by atoms with Crippen molar-refractivity contribution in [2.75, 3.05) is 19.6 Å². The maximum absolute atomic E-state index is 6.31. The SMILES string of the molecule is NCC(C(N)c1ccccc1)N1CCCC1. The lowest BCUT2D eigenvalue weighted by atomic mass is 9.99. The van der Waals surface area contributed by atoms with Crippen molar-refractivity contribution in [1.82, 2.24) is 4.90 Å². The van der Waals surface area contributed by atoms with Gasteiger partial charge in [-0.05, 0) is 31.5 Å². The summed E-state index contributed by atoms with van der Waals surface area (Å²) in [5, 5.41) is 0. The van der Waals surface area contributed by atoms with Crippen molar-refractivity contribution >= 4 is 0 Å². The number of likely N-dealkylation sites (tertiary alicyclic amines) is 1. The second-order valence-corrected chi connectivity index (χ2v) is 4.48. The highest BCUT2D eigenvalue weighted by molar-refractivity contribution is 5.20. The summed E-state index contributed by atoms with van der Waals surface area (Å²) >= 11 is 0. The normalized spacial score (nSPS) is 20.9. The Bertz CT molecular complexity index is 306. The van der Waals surface area contributed by atoms with E-state index in [0.717, 1.165) is 13.1 Å². The molecule has 1 saturated heterocycles. The van der Waals surface area contributed by atoms with Crippen molar-refractivity contribution in [3.63, 3.8) is 0 Å². The Morgan fingerprint density at radius 2 is 1.75 bits per heavy atom. The third-order valence-corrected chi connectivity index (χ3v) is 3.45. The van der Waals surface area contributed by atoms with E-state index in [1.54, 1.807) is 0 Å². The molecule has 0 bridgehead atoms. The molecule has 16 heavy (non-hydrogen) atoms. The van der Waals surface area contributed by atoms with E-state index in [9.17, 15) is 0 Å². The van der Waals surface area contributed by atoms with Gasteiger partial charge in [-0.25, -0.2) is 0 Å². The van der Waals surface area contributed by atoms with Crippen LogP contribution in [-0.2, 0) is 0 Å². The summed E-state index contributed by atoms with van der Waals surface area (Å²) in [5.74, 6) is 0. The molecule has 3 heteroatoms. The van der Waals surface area contributed by atoms with Gasteiger partial charge in [0, 0.05) is 18.6 Å². The van der Waals surface area contributed by atoms with Gasteiger partial charge in [-0.1, -0.05) is 30.3 Å². The molecule has 0 amide bonds. The maximum Gasteiger partial charge on any atom is 0.0465 e. The molecule has 3 nitrogen and oxygen atoms in total. The van der Waals surface area contributed by atoms with E-state index >= 15 is 0 Å². The topological polar surface area (TPSA) is 55.3 Å². The fourth-order valence-electron chi connectivity index (χ4n) is 2.49. The van der Waals surface area contributed by atoms with Gasteiger partial charge in [0.1, 0.15) is 0 Å². The summed E-state index contributed by atoms with van der Waals surface area (Å²) in [6.45, 7) is 2.92. The third-order valence-electron chi connectivity index (χ3n) is 3.45. The molecular weight excluding hydrogens is 198 g/mol. The van der Waals surface area contributed by atoms with Crippen molar-refractivity contribution in [2.24, 2.45) is 11.5 Å². The maximum atomic E-state index is 6.31. The molecule has 1 aromatic carbocycles. The molecule has 0 aliphatic carbocycles. The molecule has 2 rings (SSSR count). The van der Waals surface area contributed by atoms with Crippen molar-refractivity contribution in [1.29, 1.82) is 0 Å². The summed E-state index contributed by atoms with van der Waals surface area (Å²) in [7, 11) is 0. The van der Waals surface area contributed by atoms with Gasteiger partial charge < -0.3 is 11.5 Å². The molecule has 1 fully saturated rings. The lowest BCUT2D eigenvalue weighted by Crippen LogP contribution is -2.46. The van der Waals surface area contributed by atoms with Crippen molar-refractivity contribution in [3.05, 3.63) is 35.9 Å². The van der Waals surface area contributed by atoms with Gasteiger partial charge in [0.15, 0.2) is 0 Å². The number of benzene rings is 1. The predicted molar refractivity (Wildman–Crippen MR) is 67.0 cm³/mol. The van der Waals surface area contributed by atoms with Gasteiger partial charge in [0.05, 0.1) is 0 Å². The van der Waals surface area contributed by atoms with Crippen LogP contribution < -0.4 is 11.5 Å². The fourth-order valence-corrected chi connectivity index (χ4v) is 2.49. The molecule has 0 radical (unpaired) electrons. The minimum absolute atomic E-state index is 0.0318. The van der Waals surface area contributed by atoms with E-state index in [1.807, 2.05) is 18.2 Å². The Morgan fingerprint density at radius 3 is 2.31 bits per heavy atom. The highest BCUT2D eigenvalue weighted by Gasteiger charge is 2.26. The zero-order valence-electron chi connectivity index (χ0n) is 9.68. The quantitative estimate of drug-likeness (QED) is 0.797. The van der Waals surface area contributed by atoms with Gasteiger partial charge in [-0.2, -0.15) is 0 Å². The minimum atomic E-state index is 0.0318. The van der Waals surface area contributed by atoms with E-state index in [0.29, 0.717) is 6.54 Å². The second kappa shape index (κ2) is 5.43. The lowest BCUT2D eigenvalue weighted by molar-refractivity contribution is 0.216. The van der Waals surface area contributed by atoms with Crippen LogP contribution in [0.3, 0.4) is 0 Å². The van der Waals surface area contributed by atoms with Crippen LogP contribution in [0.2, 0.25) is 0 Å². The molecule has 1 aliphatic rings. The van der Waals surface area contributed by atoms with Crippen LogP contribution in [0.25, 0.3) is 0 Å². The molecular formula is C13H21N3. The Kier molecular flexibility index (Phi) is 3.93. The molecule has 0 spiro atoms. The average molecular weight is 219 g/mol. The fraction of sp³-hybridized carbons (Fsp3) is 0.538. The van der Waals surface area contributed by atoms with E-state index < -0.39 is 0 Å². The Labute approximate surface area is 97.4 Å². The predicted octanol–water partition coefficient (Wildman–Crippen LogP) is 1.11. The smallest absolute Gasteiger partial charge is 0.0465 e. The average Bonchev–Trinajstić information content (AvgIpc) is 2.85. The van der Waals surface area contributed by atoms with Gasteiger partial charge in [-0.15, -0.1) is 0 Å². The summed E-state index contributed by atoms with van der Waals surface area (Å²) in [6, 6.07) is 10.6. The van der Waals surface area contributed by atoms with Crippen LogP contribution in [0, 0.1) is 0 Å². The first-order valence-electron chi connectivity index (χ1n) is 6.07. The Hall–Kier alpha value is -0.900. The van der Waals surface area contributed by atoms with Crippen LogP contribution in [0.15, 0.2) is 30.3 Å². The minimum Gasteiger partial charge on any atom is -0.329 e. The van der Waals surface area contributed by atoms with Gasteiger partial charge in [0.2, 0.25) is 0 Å². The summed E-state index contributed by atoms with van der Waals surface area (Å²) in [5.41, 5.74) is 13.4. The van der Waals surface area contributed by atoms with Crippen LogP contribution in [-0.4, -0.2) is 30.6 Å². The summed E-state index contributed by atoms with van der Waals surface area (Å²) in [4.78, 5) is 2.43. The molecule has 1 aliphatic heterocycles. The molecule has 4 N–H and O–H groups in total. The number of rotatable bonds is 4. The van der Waals surface area contributed by atoms with Crippen LogP contribution in [0.1, 0.15) is 24.4 Å². The van der Waals surface area contributed by atoms with Crippen LogP contribution in [0.4, 0.5) is 0 Å². The summed E-state index contributed by atoms with van der Waals surface area (Å²) in [6.07, 6.45) is 2.55. The molecule has 1 aromatic rings. The van der Waals surface area contributed by atoms with E-state index in [2.05, 4.69) is 17.0 Å². The lowest BCUT2D eigenvalue weighted by Gasteiger charge is -2.31. The van der Waals surface area contributed by atoms with Crippen LogP contribution >= 0.6 is 0 Å². The summed E-state index contributed by atoms with van der Waals surface area (Å²) < 4.78 is 0. The highest BCUT2D eigenvalue weighted by atomic mass is 15.2. The Balaban J connectivity index is 2.08. The third kappa shape index (κ3) is 2.43. The standard InChI is InChI=1S/C13H21N3/c14-10-12(16-8-4-5-9-16)13(15)11-6-2-1-3-7-11/h1-3,6-7,12-13H,4-5,8-10,14-15H2. The van der Waals surface area contributed by atoms with E-state index in [-0.39, 0.29) is 12.1 Å². The van der Waals surface area contributed by atoms with Crippen LogP contribution in [0.5, 0.6) is 0 Å². The number of hydrogen-bond acceptors (Lipinski definition) is 3. The monoisotopic (exact) mass is 219 g/mol. The van der Waals surface area contributed by atoms with Crippen molar-refractivity contribution in [2.45, 2.75) is 24.9 Å². The first-order valence-corrected chi connectivity index (χ1v) is 6.07. The largest absolute Gasteiger partial charge is 0.329 e. The molecule has 2 atom stereocenters. The first-order chi connectivity index (χ1) is 7.83. The van der Waals surface area contributed by atoms with E-state index in [4.69, 9.17) is 11.5 Å². The molecule has 0 aromatic heterocycles. The second-order valence-electron chi connectivity index (χ2n) is 4.48. The zero-order valence-corrected chi connectivity index (χ0v) is 9.68. The molecule has 1 heterocycles. The van der Waals surface area contributed by atoms with Gasteiger partial charge in [0.25, 0.3) is 0 Å². The Morgan fingerprint density at radius 1 is 1.12 bits per heavy atom. The van der Waals surface area contributed by atoms with Gasteiger partial charge in [-0.3, -0.25) is 4.90 Å².